The van der Waals surface area contributed by atoms with Crippen molar-refractivity contribution in [3.05, 3.63) is 61.1 Å². The number of benzene rings is 1. The number of ether oxygens (including phenoxy) is 1. The third-order valence-corrected chi connectivity index (χ3v) is 3.10. The molecular weight excluding hydrogens is 280 g/mol. The maximum atomic E-state index is 11.5. The van der Waals surface area contributed by atoms with Crippen molar-refractivity contribution in [3.8, 4) is 5.88 Å². The van der Waals surface area contributed by atoms with Crippen LogP contribution in [0, 0.1) is 0 Å². The monoisotopic (exact) mass is 294 g/mol. The number of nitrogens with zero attached hydrogens (tertiary/aromatic N) is 2. The summed E-state index contributed by atoms with van der Waals surface area (Å²) in [6, 6.07) is 9.77. The van der Waals surface area contributed by atoms with Gasteiger partial charge in [-0.05, 0) is 11.6 Å². The van der Waals surface area contributed by atoms with Gasteiger partial charge in [0.2, 0.25) is 11.8 Å². The summed E-state index contributed by atoms with van der Waals surface area (Å²) in [5.41, 5.74) is 2.18. The Morgan fingerprint density at radius 2 is 2.14 bits per heavy atom. The van der Waals surface area contributed by atoms with E-state index in [1.807, 2.05) is 30.3 Å². The smallest absolute Gasteiger partial charge is 0.247 e. The summed E-state index contributed by atoms with van der Waals surface area (Å²) in [6.45, 7) is 3.82. The van der Waals surface area contributed by atoms with Gasteiger partial charge in [-0.3, -0.25) is 4.79 Å². The number of nitrogens with one attached hydrogen (secondary N) is 2. The van der Waals surface area contributed by atoms with Gasteiger partial charge in [0.15, 0.2) is 0 Å². The summed E-state index contributed by atoms with van der Waals surface area (Å²) < 4.78 is 5.77. The first-order chi connectivity index (χ1) is 10.8. The second kappa shape index (κ2) is 6.09. The Kier molecular flexibility index (Phi) is 3.82. The van der Waals surface area contributed by atoms with Gasteiger partial charge in [-0.25, -0.2) is 9.97 Å². The van der Waals surface area contributed by atoms with Crippen LogP contribution >= 0.6 is 0 Å². The van der Waals surface area contributed by atoms with E-state index >= 15 is 0 Å². The lowest BCUT2D eigenvalue weighted by atomic mass is 10.2. The van der Waals surface area contributed by atoms with Crippen LogP contribution in [0.4, 0.5) is 5.69 Å². The van der Waals surface area contributed by atoms with Gasteiger partial charge in [0.05, 0.1) is 5.69 Å². The minimum atomic E-state index is -0.307. The van der Waals surface area contributed by atoms with E-state index in [2.05, 4.69) is 26.8 Å². The van der Waals surface area contributed by atoms with Crippen LogP contribution in [0.25, 0.3) is 11.0 Å². The molecule has 0 aliphatic rings. The molecule has 6 nitrogen and oxygen atoms in total. The first-order valence-corrected chi connectivity index (χ1v) is 6.70. The number of aromatic nitrogens is 3. The Morgan fingerprint density at radius 1 is 1.32 bits per heavy atom. The van der Waals surface area contributed by atoms with Gasteiger partial charge in [-0.2, -0.15) is 0 Å². The number of hydrogen-bond acceptors (Lipinski definition) is 4. The van der Waals surface area contributed by atoms with E-state index in [9.17, 15) is 4.79 Å². The van der Waals surface area contributed by atoms with E-state index in [1.165, 1.54) is 12.4 Å². The molecule has 1 aromatic carbocycles. The number of rotatable bonds is 5. The quantitative estimate of drug-likeness (QED) is 0.709. The molecule has 0 aliphatic carbocycles. The fraction of sp³-hybridized carbons (Fsp3) is 0.0625. The van der Waals surface area contributed by atoms with Gasteiger partial charge in [0, 0.05) is 6.20 Å². The molecule has 0 saturated heterocycles. The highest BCUT2D eigenvalue weighted by atomic mass is 16.5. The van der Waals surface area contributed by atoms with Gasteiger partial charge in [0.25, 0.3) is 0 Å². The Labute approximate surface area is 126 Å². The molecule has 22 heavy (non-hydrogen) atoms. The van der Waals surface area contributed by atoms with Crippen molar-refractivity contribution in [1.29, 1.82) is 0 Å². The number of H-pyrrole nitrogens is 1. The molecule has 0 atom stereocenters. The molecule has 110 valence electrons. The Hall–Kier alpha value is -3.15. The number of carbonyl (C=O) groups is 1. The lowest BCUT2D eigenvalue weighted by Gasteiger charge is -2.07. The fourth-order valence-corrected chi connectivity index (χ4v) is 2.05. The van der Waals surface area contributed by atoms with Crippen molar-refractivity contribution in [2.75, 3.05) is 5.32 Å². The average molecular weight is 294 g/mol. The Morgan fingerprint density at radius 3 is 2.91 bits per heavy atom. The zero-order valence-corrected chi connectivity index (χ0v) is 11.7. The fourth-order valence-electron chi connectivity index (χ4n) is 2.05. The summed E-state index contributed by atoms with van der Waals surface area (Å²) in [7, 11) is 0. The number of anilines is 1. The van der Waals surface area contributed by atoms with Crippen LogP contribution in [0.15, 0.2) is 55.5 Å². The summed E-state index contributed by atoms with van der Waals surface area (Å²) in [6.07, 6.45) is 4.27. The third kappa shape index (κ3) is 2.80. The van der Waals surface area contributed by atoms with E-state index in [0.717, 1.165) is 5.56 Å². The molecular formula is C16H14N4O2. The van der Waals surface area contributed by atoms with Crippen molar-refractivity contribution >= 4 is 22.6 Å². The molecule has 0 aliphatic heterocycles. The van der Waals surface area contributed by atoms with Crippen molar-refractivity contribution in [2.45, 2.75) is 6.61 Å². The lowest BCUT2D eigenvalue weighted by Crippen LogP contribution is -2.07. The molecule has 0 bridgehead atoms. The van der Waals surface area contributed by atoms with Crippen molar-refractivity contribution in [3.63, 3.8) is 0 Å². The second-order valence-electron chi connectivity index (χ2n) is 4.57. The Balaban J connectivity index is 1.90. The Bertz CT molecular complexity index is 811. The second-order valence-corrected chi connectivity index (χ2v) is 4.57. The molecule has 0 spiro atoms. The molecule has 1 amide bonds. The van der Waals surface area contributed by atoms with Crippen molar-refractivity contribution < 1.29 is 9.53 Å². The predicted molar refractivity (Wildman–Crippen MR) is 83.5 cm³/mol. The summed E-state index contributed by atoms with van der Waals surface area (Å²) in [5.74, 6) is 0.105. The molecule has 0 unspecified atom stereocenters. The molecule has 2 heterocycles. The standard InChI is InChI=1S/C16H14N4O2/c1-2-13(21)20-12-8-17-15-14(12)16(19-10-18-15)22-9-11-6-4-3-5-7-11/h2-8,10H,1,9H2,(H,20,21)(H,17,18,19). The summed E-state index contributed by atoms with van der Waals surface area (Å²) in [5, 5.41) is 3.34. The van der Waals surface area contributed by atoms with E-state index in [0.29, 0.717) is 29.2 Å². The van der Waals surface area contributed by atoms with Crippen molar-refractivity contribution in [2.24, 2.45) is 0 Å². The van der Waals surface area contributed by atoms with Gasteiger partial charge >= 0.3 is 0 Å². The van der Waals surface area contributed by atoms with E-state index in [-0.39, 0.29) is 5.91 Å². The highest BCUT2D eigenvalue weighted by Gasteiger charge is 2.13. The van der Waals surface area contributed by atoms with E-state index in [4.69, 9.17) is 4.74 Å². The minimum absolute atomic E-state index is 0.307. The number of fused-ring (bicyclic) bond motifs is 1. The zero-order valence-electron chi connectivity index (χ0n) is 11.7. The minimum Gasteiger partial charge on any atom is -0.472 e. The largest absolute Gasteiger partial charge is 0.472 e. The predicted octanol–water partition coefficient (Wildman–Crippen LogP) is 2.66. The molecule has 6 heteroatoms. The molecule has 2 aromatic heterocycles. The highest BCUT2D eigenvalue weighted by molar-refractivity contribution is 6.06. The summed E-state index contributed by atoms with van der Waals surface area (Å²) in [4.78, 5) is 22.7. The first kappa shape index (κ1) is 13.8. The molecule has 2 N–H and O–H groups in total. The van der Waals surface area contributed by atoms with Gasteiger partial charge in [-0.15, -0.1) is 0 Å². The van der Waals surface area contributed by atoms with Crippen LogP contribution in [0.2, 0.25) is 0 Å². The normalized spacial score (nSPS) is 10.4. The first-order valence-electron chi connectivity index (χ1n) is 6.70. The molecule has 0 saturated carbocycles. The van der Waals surface area contributed by atoms with Crippen molar-refractivity contribution in [1.82, 2.24) is 15.0 Å². The van der Waals surface area contributed by atoms with E-state index < -0.39 is 0 Å². The van der Waals surface area contributed by atoms with Gasteiger partial charge in [-0.1, -0.05) is 36.9 Å². The van der Waals surface area contributed by atoms with Gasteiger partial charge in [0.1, 0.15) is 24.0 Å². The number of carbonyl (C=O) groups excluding carboxylic acids is 1. The maximum Gasteiger partial charge on any atom is 0.247 e. The topological polar surface area (TPSA) is 79.9 Å². The number of amides is 1. The molecule has 3 rings (SSSR count). The van der Waals surface area contributed by atoms with Gasteiger partial charge < -0.3 is 15.0 Å². The van der Waals surface area contributed by atoms with E-state index in [1.54, 1.807) is 6.20 Å². The van der Waals surface area contributed by atoms with Crippen LogP contribution in [-0.4, -0.2) is 20.9 Å². The van der Waals surface area contributed by atoms with Crippen LogP contribution in [0.5, 0.6) is 5.88 Å². The van der Waals surface area contributed by atoms with Crippen LogP contribution in [0.1, 0.15) is 5.56 Å². The molecule has 0 radical (unpaired) electrons. The third-order valence-electron chi connectivity index (χ3n) is 3.10. The van der Waals surface area contributed by atoms with Crippen LogP contribution in [-0.2, 0) is 11.4 Å². The highest BCUT2D eigenvalue weighted by Crippen LogP contribution is 2.29. The molecule has 0 fully saturated rings. The van der Waals surface area contributed by atoms with Crippen LogP contribution < -0.4 is 10.1 Å². The lowest BCUT2D eigenvalue weighted by molar-refractivity contribution is -0.111. The number of hydrogen-bond donors (Lipinski definition) is 2. The summed E-state index contributed by atoms with van der Waals surface area (Å²) >= 11 is 0. The molecule has 3 aromatic rings. The zero-order chi connectivity index (χ0) is 15.4. The SMILES string of the molecule is C=CC(=O)Nc1c[nH]c2ncnc(OCc3ccccc3)c12. The van der Waals surface area contributed by atoms with Crippen LogP contribution in [0.3, 0.4) is 0 Å². The average Bonchev–Trinajstić information content (AvgIpc) is 2.97. The number of aromatic amines is 1. The maximum absolute atomic E-state index is 11.5.